The zero-order valence-electron chi connectivity index (χ0n) is 10.2. The Morgan fingerprint density at radius 3 is 2.42 bits per heavy atom. The van der Waals surface area contributed by atoms with E-state index >= 15 is 0 Å². The molecule has 0 unspecified atom stereocenters. The molecule has 19 heavy (non-hydrogen) atoms. The monoisotopic (exact) mass is 252 g/mol. The SMILES string of the molecule is c1ncc(CNc2ccc(-c3cnco3)cc2)cn1. The number of nitrogens with one attached hydrogen (secondary N) is 1. The highest BCUT2D eigenvalue weighted by atomic mass is 16.3. The molecule has 0 spiro atoms. The molecule has 0 saturated carbocycles. The average Bonchev–Trinajstić information content (AvgIpc) is 3.01. The first-order chi connectivity index (χ1) is 9.42. The maximum Gasteiger partial charge on any atom is 0.181 e. The summed E-state index contributed by atoms with van der Waals surface area (Å²) in [6.07, 6.45) is 8.24. The van der Waals surface area contributed by atoms with Crippen LogP contribution in [0.15, 0.2) is 60.0 Å². The Bertz CT molecular complexity index is 620. The molecular weight excluding hydrogens is 240 g/mol. The van der Waals surface area contributed by atoms with E-state index in [2.05, 4.69) is 20.3 Å². The Kier molecular flexibility index (Phi) is 3.18. The van der Waals surface area contributed by atoms with E-state index in [-0.39, 0.29) is 0 Å². The van der Waals surface area contributed by atoms with Gasteiger partial charge >= 0.3 is 0 Å². The second-order valence-electron chi connectivity index (χ2n) is 4.04. The standard InChI is InChI=1S/C14H12N4O/c1-3-13(18-7-11-5-15-9-16-6-11)4-2-12(1)14-8-17-10-19-14/h1-6,8-10,18H,7H2. The van der Waals surface area contributed by atoms with Crippen molar-refractivity contribution < 1.29 is 4.42 Å². The van der Waals surface area contributed by atoms with E-state index in [4.69, 9.17) is 4.42 Å². The molecule has 0 aliphatic rings. The Labute approximate surface area is 110 Å². The maximum absolute atomic E-state index is 5.24. The number of aromatic nitrogens is 3. The van der Waals surface area contributed by atoms with Crippen molar-refractivity contribution in [3.63, 3.8) is 0 Å². The molecule has 3 aromatic rings. The van der Waals surface area contributed by atoms with Crippen LogP contribution < -0.4 is 5.32 Å². The molecule has 0 saturated heterocycles. The van der Waals surface area contributed by atoms with Crippen LogP contribution in [0.1, 0.15) is 5.56 Å². The second kappa shape index (κ2) is 5.30. The molecule has 2 heterocycles. The quantitative estimate of drug-likeness (QED) is 0.773. The lowest BCUT2D eigenvalue weighted by molar-refractivity contribution is 0.572. The van der Waals surface area contributed by atoms with Gasteiger partial charge in [-0.05, 0) is 24.3 Å². The summed E-state index contributed by atoms with van der Waals surface area (Å²) in [4.78, 5) is 11.8. The lowest BCUT2D eigenvalue weighted by Crippen LogP contribution is -1.99. The van der Waals surface area contributed by atoms with Crippen molar-refractivity contribution in [2.45, 2.75) is 6.54 Å². The molecule has 0 atom stereocenters. The van der Waals surface area contributed by atoms with E-state index in [9.17, 15) is 0 Å². The van der Waals surface area contributed by atoms with Crippen molar-refractivity contribution >= 4 is 5.69 Å². The van der Waals surface area contributed by atoms with Crippen molar-refractivity contribution in [1.82, 2.24) is 15.0 Å². The fourth-order valence-electron chi connectivity index (χ4n) is 1.74. The molecule has 0 aliphatic heterocycles. The van der Waals surface area contributed by atoms with Crippen LogP contribution in [0.2, 0.25) is 0 Å². The van der Waals surface area contributed by atoms with Crippen molar-refractivity contribution in [2.24, 2.45) is 0 Å². The van der Waals surface area contributed by atoms with Crippen LogP contribution in [0.3, 0.4) is 0 Å². The fraction of sp³-hybridized carbons (Fsp3) is 0.0714. The van der Waals surface area contributed by atoms with E-state index in [1.54, 1.807) is 18.6 Å². The van der Waals surface area contributed by atoms with Gasteiger partial charge in [-0.3, -0.25) is 0 Å². The second-order valence-corrected chi connectivity index (χ2v) is 4.04. The summed E-state index contributed by atoms with van der Waals surface area (Å²) in [5, 5.41) is 3.31. The molecule has 0 fully saturated rings. The number of nitrogens with zero attached hydrogens (tertiary/aromatic N) is 3. The highest BCUT2D eigenvalue weighted by molar-refractivity contribution is 5.60. The normalized spacial score (nSPS) is 10.3. The van der Waals surface area contributed by atoms with Gasteiger partial charge in [0, 0.05) is 35.8 Å². The van der Waals surface area contributed by atoms with Gasteiger partial charge in [0.2, 0.25) is 0 Å². The lowest BCUT2D eigenvalue weighted by atomic mass is 10.1. The third-order valence-electron chi connectivity index (χ3n) is 2.71. The van der Waals surface area contributed by atoms with Gasteiger partial charge in [-0.15, -0.1) is 0 Å². The van der Waals surface area contributed by atoms with Crippen LogP contribution in [0.25, 0.3) is 11.3 Å². The summed E-state index contributed by atoms with van der Waals surface area (Å²) in [6.45, 7) is 0.697. The molecule has 5 nitrogen and oxygen atoms in total. The molecule has 0 amide bonds. The molecule has 1 aromatic carbocycles. The van der Waals surface area contributed by atoms with Gasteiger partial charge in [-0.2, -0.15) is 0 Å². The van der Waals surface area contributed by atoms with Crippen LogP contribution in [0, 0.1) is 0 Å². The zero-order chi connectivity index (χ0) is 12.9. The first-order valence-electron chi connectivity index (χ1n) is 5.88. The predicted octanol–water partition coefficient (Wildman–Crippen LogP) is 2.74. The molecule has 2 aromatic heterocycles. The third kappa shape index (κ3) is 2.77. The van der Waals surface area contributed by atoms with E-state index in [0.29, 0.717) is 6.54 Å². The van der Waals surface area contributed by atoms with E-state index in [0.717, 1.165) is 22.6 Å². The van der Waals surface area contributed by atoms with Crippen molar-refractivity contribution in [1.29, 1.82) is 0 Å². The zero-order valence-corrected chi connectivity index (χ0v) is 10.2. The van der Waals surface area contributed by atoms with Crippen molar-refractivity contribution in [3.8, 4) is 11.3 Å². The van der Waals surface area contributed by atoms with E-state index < -0.39 is 0 Å². The van der Waals surface area contributed by atoms with Crippen molar-refractivity contribution in [2.75, 3.05) is 5.32 Å². The number of hydrogen-bond donors (Lipinski definition) is 1. The molecule has 3 rings (SSSR count). The highest BCUT2D eigenvalue weighted by Crippen LogP contribution is 2.20. The molecule has 5 heteroatoms. The Morgan fingerprint density at radius 1 is 0.947 bits per heavy atom. The molecular formula is C14H12N4O. The summed E-state index contributed by atoms with van der Waals surface area (Å²) in [5.41, 5.74) is 3.08. The topological polar surface area (TPSA) is 63.8 Å². The number of benzene rings is 1. The van der Waals surface area contributed by atoms with Crippen LogP contribution in [-0.2, 0) is 6.54 Å². The van der Waals surface area contributed by atoms with E-state index in [1.807, 2.05) is 24.3 Å². The van der Waals surface area contributed by atoms with Gasteiger partial charge in [0.25, 0.3) is 0 Å². The Balaban J connectivity index is 1.67. The van der Waals surface area contributed by atoms with Crippen LogP contribution in [-0.4, -0.2) is 15.0 Å². The van der Waals surface area contributed by atoms with Gasteiger partial charge in [0.1, 0.15) is 6.33 Å². The van der Waals surface area contributed by atoms with Gasteiger partial charge < -0.3 is 9.73 Å². The molecule has 0 radical (unpaired) electrons. The minimum Gasteiger partial charge on any atom is -0.444 e. The van der Waals surface area contributed by atoms with Gasteiger partial charge in [0.15, 0.2) is 12.2 Å². The van der Waals surface area contributed by atoms with Gasteiger partial charge in [-0.25, -0.2) is 15.0 Å². The highest BCUT2D eigenvalue weighted by Gasteiger charge is 2.01. The first kappa shape index (κ1) is 11.4. The third-order valence-corrected chi connectivity index (χ3v) is 2.71. The van der Waals surface area contributed by atoms with Crippen LogP contribution >= 0.6 is 0 Å². The largest absolute Gasteiger partial charge is 0.444 e. The van der Waals surface area contributed by atoms with Gasteiger partial charge in [-0.1, -0.05) is 0 Å². The molecule has 94 valence electrons. The molecule has 0 bridgehead atoms. The molecule has 1 N–H and O–H groups in total. The average molecular weight is 252 g/mol. The lowest BCUT2D eigenvalue weighted by Gasteiger charge is -2.06. The minimum absolute atomic E-state index is 0.697. The van der Waals surface area contributed by atoms with Gasteiger partial charge in [0.05, 0.1) is 6.20 Å². The minimum atomic E-state index is 0.697. The summed E-state index contributed by atoms with van der Waals surface area (Å²) in [5.74, 6) is 0.767. The summed E-state index contributed by atoms with van der Waals surface area (Å²) >= 11 is 0. The molecule has 0 aliphatic carbocycles. The number of oxazole rings is 1. The van der Waals surface area contributed by atoms with Crippen LogP contribution in [0.5, 0.6) is 0 Å². The number of hydrogen-bond acceptors (Lipinski definition) is 5. The summed E-state index contributed by atoms with van der Waals surface area (Å²) in [7, 11) is 0. The fourth-order valence-corrected chi connectivity index (χ4v) is 1.74. The summed E-state index contributed by atoms with van der Waals surface area (Å²) < 4.78 is 5.24. The first-order valence-corrected chi connectivity index (χ1v) is 5.88. The number of anilines is 1. The Morgan fingerprint density at radius 2 is 1.74 bits per heavy atom. The summed E-state index contributed by atoms with van der Waals surface area (Å²) in [6, 6.07) is 7.98. The number of rotatable bonds is 4. The maximum atomic E-state index is 5.24. The smallest absolute Gasteiger partial charge is 0.181 e. The van der Waals surface area contributed by atoms with Crippen molar-refractivity contribution in [3.05, 3.63) is 61.1 Å². The Hall–Kier alpha value is -2.69. The van der Waals surface area contributed by atoms with E-state index in [1.165, 1.54) is 12.7 Å². The van der Waals surface area contributed by atoms with Crippen LogP contribution in [0.4, 0.5) is 5.69 Å². The predicted molar refractivity (Wildman–Crippen MR) is 71.3 cm³/mol.